The highest BCUT2D eigenvalue weighted by molar-refractivity contribution is 6.24. The second-order valence-corrected chi connectivity index (χ2v) is 16.3. The Bertz CT molecular complexity index is 4230. The van der Waals surface area contributed by atoms with E-state index in [1.165, 1.54) is 26.9 Å². The summed E-state index contributed by atoms with van der Waals surface area (Å²) in [5.41, 5.74) is 8.85. The molecular weight excluding hydrogens is 773 g/mol. The normalized spacial score (nSPS) is 12.1. The van der Waals surface area contributed by atoms with Gasteiger partial charge in [-0.15, -0.1) is 0 Å². The van der Waals surface area contributed by atoms with Crippen LogP contribution in [0.15, 0.2) is 203 Å². The molecule has 14 rings (SSSR count). The van der Waals surface area contributed by atoms with Crippen LogP contribution in [0.25, 0.3) is 138 Å². The van der Waals surface area contributed by atoms with Crippen LogP contribution in [0.5, 0.6) is 0 Å². The summed E-state index contributed by atoms with van der Waals surface area (Å²) in [4.78, 5) is 16.2. The van der Waals surface area contributed by atoms with Crippen molar-refractivity contribution in [2.24, 2.45) is 0 Å². The average molecular weight is 805 g/mol. The molecule has 63 heavy (non-hydrogen) atoms. The second kappa shape index (κ2) is 12.9. The van der Waals surface area contributed by atoms with E-state index in [0.29, 0.717) is 17.5 Å². The van der Waals surface area contributed by atoms with Gasteiger partial charge in [-0.2, -0.15) is 0 Å². The van der Waals surface area contributed by atoms with Crippen molar-refractivity contribution in [3.05, 3.63) is 194 Å². The molecule has 4 heterocycles. The van der Waals surface area contributed by atoms with Crippen molar-refractivity contribution < 1.29 is 8.83 Å². The van der Waals surface area contributed by atoms with Crippen LogP contribution in [0.4, 0.5) is 0 Å². The molecule has 0 fully saturated rings. The first-order valence-electron chi connectivity index (χ1n) is 21.2. The molecule has 0 aliphatic carbocycles. The highest BCUT2D eigenvalue weighted by Gasteiger charge is 2.24. The van der Waals surface area contributed by atoms with Crippen LogP contribution < -0.4 is 0 Å². The van der Waals surface area contributed by atoms with E-state index in [4.69, 9.17) is 23.8 Å². The minimum absolute atomic E-state index is 0.530. The number of furan rings is 2. The molecular formula is C57H32N4O2. The van der Waals surface area contributed by atoms with E-state index in [9.17, 15) is 0 Å². The van der Waals surface area contributed by atoms with Gasteiger partial charge in [-0.25, -0.2) is 15.0 Å². The molecule has 4 aromatic heterocycles. The van der Waals surface area contributed by atoms with E-state index >= 15 is 0 Å². The van der Waals surface area contributed by atoms with Gasteiger partial charge in [-0.05, 0) is 86.9 Å². The minimum atomic E-state index is 0.530. The van der Waals surface area contributed by atoms with Crippen molar-refractivity contribution >= 4 is 98.0 Å². The Labute approximate surface area is 358 Å². The van der Waals surface area contributed by atoms with Crippen molar-refractivity contribution in [1.29, 1.82) is 0 Å². The first-order chi connectivity index (χ1) is 31.2. The van der Waals surface area contributed by atoms with Crippen LogP contribution in [0.1, 0.15) is 0 Å². The third kappa shape index (κ3) is 5.09. The molecule has 6 nitrogen and oxygen atoms in total. The molecule has 0 unspecified atom stereocenters. The maximum absolute atomic E-state index is 6.66. The summed E-state index contributed by atoms with van der Waals surface area (Å²) >= 11 is 0. The zero-order valence-electron chi connectivity index (χ0n) is 33.6. The van der Waals surface area contributed by atoms with E-state index in [-0.39, 0.29) is 0 Å². The van der Waals surface area contributed by atoms with Crippen molar-refractivity contribution in [3.63, 3.8) is 0 Å². The maximum atomic E-state index is 6.66. The smallest absolute Gasteiger partial charge is 0.166 e. The molecule has 0 bridgehead atoms. The fourth-order valence-electron chi connectivity index (χ4n) is 9.89. The van der Waals surface area contributed by atoms with Crippen LogP contribution in [0, 0.1) is 0 Å². The fourth-order valence-corrected chi connectivity index (χ4v) is 9.89. The number of benzene rings is 10. The zero-order chi connectivity index (χ0) is 41.2. The molecule has 0 saturated carbocycles. The molecule has 0 saturated heterocycles. The predicted octanol–water partition coefficient (Wildman–Crippen LogP) is 15.2. The highest BCUT2D eigenvalue weighted by Crippen LogP contribution is 2.44. The maximum Gasteiger partial charge on any atom is 0.166 e. The van der Waals surface area contributed by atoms with Crippen molar-refractivity contribution in [2.45, 2.75) is 0 Å². The van der Waals surface area contributed by atoms with Gasteiger partial charge in [0.15, 0.2) is 17.5 Å². The lowest BCUT2D eigenvalue weighted by atomic mass is 10.0. The van der Waals surface area contributed by atoms with Gasteiger partial charge in [-0.3, -0.25) is 0 Å². The molecule has 6 heteroatoms. The van der Waals surface area contributed by atoms with Crippen LogP contribution in [-0.2, 0) is 0 Å². The van der Waals surface area contributed by atoms with Crippen molar-refractivity contribution in [2.75, 3.05) is 0 Å². The monoisotopic (exact) mass is 804 g/mol. The third-order valence-electron chi connectivity index (χ3n) is 12.8. The summed E-state index contributed by atoms with van der Waals surface area (Å²) < 4.78 is 15.5. The minimum Gasteiger partial charge on any atom is -0.456 e. The summed E-state index contributed by atoms with van der Waals surface area (Å²) in [6.45, 7) is 0. The number of aromatic nitrogens is 4. The number of rotatable bonds is 4. The first kappa shape index (κ1) is 34.1. The Kier molecular flexibility index (Phi) is 7.02. The van der Waals surface area contributed by atoms with Gasteiger partial charge in [0, 0.05) is 49.0 Å². The van der Waals surface area contributed by atoms with Crippen LogP contribution in [0.2, 0.25) is 0 Å². The molecule has 0 amide bonds. The summed E-state index contributed by atoms with van der Waals surface area (Å²) in [5.74, 6) is 1.65. The Morgan fingerprint density at radius 2 is 0.921 bits per heavy atom. The lowest BCUT2D eigenvalue weighted by Crippen LogP contribution is -2.04. The van der Waals surface area contributed by atoms with Crippen LogP contribution in [0.3, 0.4) is 0 Å². The average Bonchev–Trinajstić information content (AvgIpc) is 4.01. The first-order valence-corrected chi connectivity index (χ1v) is 21.2. The van der Waals surface area contributed by atoms with Crippen LogP contribution in [-0.4, -0.2) is 19.5 Å². The lowest BCUT2D eigenvalue weighted by Gasteiger charge is -2.16. The van der Waals surface area contributed by atoms with Gasteiger partial charge in [0.2, 0.25) is 0 Å². The van der Waals surface area contributed by atoms with E-state index in [1.54, 1.807) is 0 Å². The Morgan fingerprint density at radius 3 is 1.75 bits per heavy atom. The summed E-state index contributed by atoms with van der Waals surface area (Å²) in [5, 5.41) is 13.4. The van der Waals surface area contributed by atoms with E-state index in [0.717, 1.165) is 93.4 Å². The largest absolute Gasteiger partial charge is 0.456 e. The summed E-state index contributed by atoms with van der Waals surface area (Å²) in [6.07, 6.45) is 0. The van der Waals surface area contributed by atoms with E-state index in [2.05, 4.69) is 156 Å². The highest BCUT2D eigenvalue weighted by atomic mass is 16.3. The SMILES string of the molecule is c1ccc2cc(-c3nc(-c4cc5oc6ccccc6c5cc4-n4c5cc6ccccc6cc5c5c6ccccc6ccc54)nc(-c4cccc5oc6ccccc6c45)n3)ccc2c1. The third-order valence-corrected chi connectivity index (χ3v) is 12.8. The zero-order valence-corrected chi connectivity index (χ0v) is 33.6. The number of nitrogens with zero attached hydrogens (tertiary/aromatic N) is 4. The van der Waals surface area contributed by atoms with Gasteiger partial charge >= 0.3 is 0 Å². The number of hydrogen-bond acceptors (Lipinski definition) is 5. The molecule has 14 aromatic rings. The summed E-state index contributed by atoms with van der Waals surface area (Å²) in [7, 11) is 0. The van der Waals surface area contributed by atoms with Crippen LogP contribution >= 0.6 is 0 Å². The van der Waals surface area contributed by atoms with Crippen molar-refractivity contribution in [3.8, 4) is 39.9 Å². The Morgan fingerprint density at radius 1 is 0.317 bits per heavy atom. The van der Waals surface area contributed by atoms with Crippen molar-refractivity contribution in [1.82, 2.24) is 19.5 Å². The molecule has 0 aliphatic rings. The molecule has 0 atom stereocenters. The van der Waals surface area contributed by atoms with Gasteiger partial charge in [0.1, 0.15) is 22.3 Å². The number of fused-ring (bicyclic) bond motifs is 13. The molecule has 0 aliphatic heterocycles. The van der Waals surface area contributed by atoms with Gasteiger partial charge in [0.25, 0.3) is 0 Å². The number of para-hydroxylation sites is 2. The molecule has 292 valence electrons. The standard InChI is InChI=1S/C57H32N4O2/c1-2-14-35-28-38(25-24-33(35)12-1)55-58-56(42-20-11-23-51-54(42)41-19-8-10-22-50(41)62-51)60-57(59-55)45-32-52-43(40-18-7-9-21-49(40)63-52)31-48(45)61-46-27-26-34-13-5-6-17-39(34)53(46)44-29-36-15-3-4-16-37(36)30-47(44)61/h1-32H. The quantitative estimate of drug-likeness (QED) is 0.177. The molecule has 0 N–H and O–H groups in total. The molecule has 0 radical (unpaired) electrons. The molecule has 10 aromatic carbocycles. The van der Waals surface area contributed by atoms with Gasteiger partial charge in [-0.1, -0.05) is 140 Å². The number of hydrogen-bond donors (Lipinski definition) is 0. The predicted molar refractivity (Wildman–Crippen MR) is 258 cm³/mol. The summed E-state index contributed by atoms with van der Waals surface area (Å²) in [6, 6.07) is 68.1. The van der Waals surface area contributed by atoms with Gasteiger partial charge in [0.05, 0.1) is 16.7 Å². The lowest BCUT2D eigenvalue weighted by molar-refractivity contribution is 0.668. The van der Waals surface area contributed by atoms with E-state index < -0.39 is 0 Å². The Hall–Kier alpha value is -8.61. The molecule has 0 spiro atoms. The second-order valence-electron chi connectivity index (χ2n) is 16.3. The van der Waals surface area contributed by atoms with E-state index in [1.807, 2.05) is 42.5 Å². The fraction of sp³-hybridized carbons (Fsp3) is 0. The topological polar surface area (TPSA) is 69.9 Å². The Balaban J connectivity index is 1.13. The van der Waals surface area contributed by atoms with Gasteiger partial charge < -0.3 is 13.4 Å².